The Balaban J connectivity index is 1.53. The Morgan fingerprint density at radius 2 is 2.14 bits per heavy atom. The summed E-state index contributed by atoms with van der Waals surface area (Å²) < 4.78 is 11.9. The Morgan fingerprint density at radius 3 is 2.89 bits per heavy atom. The number of benzene rings is 1. The first-order valence-corrected chi connectivity index (χ1v) is 9.02. The molecule has 1 aromatic carbocycles. The maximum Gasteiger partial charge on any atom is 0.259 e. The van der Waals surface area contributed by atoms with Gasteiger partial charge in [-0.25, -0.2) is 0 Å². The molecule has 0 bridgehead atoms. The first-order chi connectivity index (χ1) is 13.5. The van der Waals surface area contributed by atoms with E-state index in [0.29, 0.717) is 34.6 Å². The van der Waals surface area contributed by atoms with Crippen molar-refractivity contribution < 1.29 is 14.1 Å². The van der Waals surface area contributed by atoms with Gasteiger partial charge >= 0.3 is 0 Å². The monoisotopic (exact) mass is 380 g/mol. The van der Waals surface area contributed by atoms with Crippen molar-refractivity contribution in [3.8, 4) is 17.2 Å². The second-order valence-corrected chi connectivity index (χ2v) is 6.87. The van der Waals surface area contributed by atoms with Crippen LogP contribution in [0.5, 0.6) is 5.75 Å². The molecular formula is C20H20N4O4. The van der Waals surface area contributed by atoms with Gasteiger partial charge < -0.3 is 19.1 Å². The molecular weight excluding hydrogens is 360 g/mol. The lowest BCUT2D eigenvalue weighted by molar-refractivity contribution is -0.116. The second kappa shape index (κ2) is 7.30. The van der Waals surface area contributed by atoms with Gasteiger partial charge in [0.15, 0.2) is 5.82 Å². The summed E-state index contributed by atoms with van der Waals surface area (Å²) in [4.78, 5) is 29.1. The first kappa shape index (κ1) is 18.0. The molecule has 4 rings (SSSR count). The smallest absolute Gasteiger partial charge is 0.259 e. The Bertz CT molecular complexity index is 1080. The van der Waals surface area contributed by atoms with Crippen LogP contribution in [0.3, 0.4) is 0 Å². The number of nitrogens with one attached hydrogen (secondary N) is 1. The standard InChI is InChI=1S/C20H20N4O4/c1-12-3-7-16(27-2)15(9-12)21-17(25)11-24-10-14(6-8-18(24)26)20-22-19(23-28-20)13-4-5-13/h3,6-10,13H,4-5,11H2,1-2H3,(H,21,25). The van der Waals surface area contributed by atoms with Crippen molar-refractivity contribution in [3.05, 3.63) is 58.3 Å². The van der Waals surface area contributed by atoms with Crippen LogP contribution in [0.25, 0.3) is 11.5 Å². The molecule has 0 saturated heterocycles. The van der Waals surface area contributed by atoms with Crippen LogP contribution in [0, 0.1) is 6.92 Å². The Morgan fingerprint density at radius 1 is 1.32 bits per heavy atom. The number of ether oxygens (including phenoxy) is 1. The molecule has 0 unspecified atom stereocenters. The minimum absolute atomic E-state index is 0.145. The summed E-state index contributed by atoms with van der Waals surface area (Å²) in [7, 11) is 1.54. The van der Waals surface area contributed by atoms with Crippen molar-refractivity contribution in [2.24, 2.45) is 0 Å². The number of carbonyl (C=O) groups excluding carboxylic acids is 1. The van der Waals surface area contributed by atoms with Gasteiger partial charge in [-0.15, -0.1) is 0 Å². The Hall–Kier alpha value is -3.42. The van der Waals surface area contributed by atoms with Gasteiger partial charge in [-0.05, 0) is 43.5 Å². The number of aryl methyl sites for hydroxylation is 1. The molecule has 1 aliphatic carbocycles. The number of amides is 1. The lowest BCUT2D eigenvalue weighted by Crippen LogP contribution is -2.27. The zero-order valence-electron chi connectivity index (χ0n) is 15.6. The molecule has 144 valence electrons. The van der Waals surface area contributed by atoms with Crippen LogP contribution >= 0.6 is 0 Å². The topological polar surface area (TPSA) is 99.2 Å². The van der Waals surface area contributed by atoms with E-state index < -0.39 is 0 Å². The molecule has 1 saturated carbocycles. The number of aromatic nitrogens is 3. The number of hydrogen-bond acceptors (Lipinski definition) is 6. The fourth-order valence-electron chi connectivity index (χ4n) is 2.90. The third-order valence-corrected chi connectivity index (χ3v) is 4.56. The van der Waals surface area contributed by atoms with Crippen molar-refractivity contribution in [1.29, 1.82) is 0 Å². The van der Waals surface area contributed by atoms with Crippen molar-refractivity contribution in [1.82, 2.24) is 14.7 Å². The third-order valence-electron chi connectivity index (χ3n) is 4.56. The lowest BCUT2D eigenvalue weighted by atomic mass is 10.2. The lowest BCUT2D eigenvalue weighted by Gasteiger charge is -2.12. The quantitative estimate of drug-likeness (QED) is 0.706. The highest BCUT2D eigenvalue weighted by Gasteiger charge is 2.29. The van der Waals surface area contributed by atoms with Crippen molar-refractivity contribution >= 4 is 11.6 Å². The molecule has 1 amide bonds. The fourth-order valence-corrected chi connectivity index (χ4v) is 2.90. The van der Waals surface area contributed by atoms with Crippen LogP contribution in [0.2, 0.25) is 0 Å². The van der Waals surface area contributed by atoms with Crippen molar-refractivity contribution in [2.75, 3.05) is 12.4 Å². The maximum absolute atomic E-state index is 12.5. The zero-order valence-corrected chi connectivity index (χ0v) is 15.6. The summed E-state index contributed by atoms with van der Waals surface area (Å²) in [5, 5.41) is 6.77. The normalized spacial score (nSPS) is 13.4. The molecule has 2 aromatic heterocycles. The molecule has 0 spiro atoms. The molecule has 8 nitrogen and oxygen atoms in total. The molecule has 2 heterocycles. The third kappa shape index (κ3) is 3.80. The molecule has 0 atom stereocenters. The van der Waals surface area contributed by atoms with Crippen LogP contribution in [0.4, 0.5) is 5.69 Å². The summed E-state index contributed by atoms with van der Waals surface area (Å²) in [6.07, 6.45) is 3.70. The molecule has 0 radical (unpaired) electrons. The van der Waals surface area contributed by atoms with Gasteiger partial charge in [-0.2, -0.15) is 4.98 Å². The number of rotatable bonds is 6. The maximum atomic E-state index is 12.5. The van der Waals surface area contributed by atoms with E-state index in [-0.39, 0.29) is 18.0 Å². The van der Waals surface area contributed by atoms with E-state index in [2.05, 4.69) is 15.5 Å². The SMILES string of the molecule is COc1ccc(C)cc1NC(=O)Cn1cc(-c2nc(C3CC3)no2)ccc1=O. The van der Waals surface area contributed by atoms with E-state index in [1.54, 1.807) is 18.3 Å². The number of pyridine rings is 1. The summed E-state index contributed by atoms with van der Waals surface area (Å²) in [5.74, 6) is 1.62. The van der Waals surface area contributed by atoms with Gasteiger partial charge in [-0.3, -0.25) is 9.59 Å². The Labute approximate surface area is 161 Å². The number of methoxy groups -OCH3 is 1. The zero-order chi connectivity index (χ0) is 19.7. The summed E-state index contributed by atoms with van der Waals surface area (Å²) >= 11 is 0. The highest BCUT2D eigenvalue weighted by molar-refractivity contribution is 5.92. The van der Waals surface area contributed by atoms with E-state index in [9.17, 15) is 9.59 Å². The average Bonchev–Trinajstić information content (AvgIpc) is 3.41. The van der Waals surface area contributed by atoms with E-state index in [0.717, 1.165) is 18.4 Å². The van der Waals surface area contributed by atoms with Gasteiger partial charge in [0.25, 0.3) is 11.4 Å². The van der Waals surface area contributed by atoms with Gasteiger partial charge in [0.05, 0.1) is 18.4 Å². The summed E-state index contributed by atoms with van der Waals surface area (Å²) in [6.45, 7) is 1.77. The van der Waals surface area contributed by atoms with Crippen LogP contribution in [0.15, 0.2) is 45.8 Å². The molecule has 0 aliphatic heterocycles. The average molecular weight is 380 g/mol. The highest BCUT2D eigenvalue weighted by atomic mass is 16.5. The molecule has 3 aromatic rings. The van der Waals surface area contributed by atoms with E-state index in [1.165, 1.54) is 17.7 Å². The first-order valence-electron chi connectivity index (χ1n) is 9.02. The predicted octanol–water partition coefficient (Wildman–Crippen LogP) is 2.73. The van der Waals surface area contributed by atoms with Gasteiger partial charge in [0, 0.05) is 18.2 Å². The number of hydrogen-bond donors (Lipinski definition) is 1. The van der Waals surface area contributed by atoms with E-state index >= 15 is 0 Å². The summed E-state index contributed by atoms with van der Waals surface area (Å²) in [6, 6.07) is 8.49. The van der Waals surface area contributed by atoms with Crippen LogP contribution < -0.4 is 15.6 Å². The molecule has 1 N–H and O–H groups in total. The minimum Gasteiger partial charge on any atom is -0.495 e. The predicted molar refractivity (Wildman–Crippen MR) is 102 cm³/mol. The second-order valence-electron chi connectivity index (χ2n) is 6.87. The number of carbonyl (C=O) groups is 1. The highest BCUT2D eigenvalue weighted by Crippen LogP contribution is 2.38. The van der Waals surface area contributed by atoms with Crippen molar-refractivity contribution in [3.63, 3.8) is 0 Å². The number of nitrogens with zero attached hydrogens (tertiary/aromatic N) is 3. The fraction of sp³-hybridized carbons (Fsp3) is 0.300. The number of anilines is 1. The molecule has 28 heavy (non-hydrogen) atoms. The minimum atomic E-state index is -0.340. The van der Waals surface area contributed by atoms with Gasteiger partial charge in [0.2, 0.25) is 5.91 Å². The van der Waals surface area contributed by atoms with Crippen LogP contribution in [0.1, 0.15) is 30.1 Å². The van der Waals surface area contributed by atoms with Gasteiger partial charge in [0.1, 0.15) is 12.3 Å². The summed E-state index contributed by atoms with van der Waals surface area (Å²) in [5.41, 5.74) is 1.85. The van der Waals surface area contributed by atoms with Crippen LogP contribution in [-0.4, -0.2) is 27.7 Å². The molecule has 1 aliphatic rings. The van der Waals surface area contributed by atoms with E-state index in [4.69, 9.17) is 9.26 Å². The molecule has 8 heteroatoms. The molecule has 1 fully saturated rings. The van der Waals surface area contributed by atoms with E-state index in [1.807, 2.05) is 19.1 Å². The Kier molecular flexibility index (Phi) is 4.68. The largest absolute Gasteiger partial charge is 0.495 e. The van der Waals surface area contributed by atoms with Crippen molar-refractivity contribution in [2.45, 2.75) is 32.2 Å². The van der Waals surface area contributed by atoms with Gasteiger partial charge in [-0.1, -0.05) is 11.2 Å². The van der Waals surface area contributed by atoms with Crippen LogP contribution in [-0.2, 0) is 11.3 Å².